The summed E-state index contributed by atoms with van der Waals surface area (Å²) >= 11 is 0. The fourth-order valence-corrected chi connectivity index (χ4v) is 2.87. The molecule has 1 aliphatic heterocycles. The van der Waals surface area contributed by atoms with Crippen molar-refractivity contribution in [2.24, 2.45) is 0 Å². The van der Waals surface area contributed by atoms with Crippen molar-refractivity contribution in [2.75, 3.05) is 0 Å². The molecule has 1 heterocycles. The van der Waals surface area contributed by atoms with Gasteiger partial charge in [-0.05, 0) is 49.4 Å². The topological polar surface area (TPSA) is 49.7 Å². The van der Waals surface area contributed by atoms with Crippen LogP contribution in [0.1, 0.15) is 46.7 Å². The predicted octanol–water partition coefficient (Wildman–Crippen LogP) is 5.00. The first-order chi connectivity index (χ1) is 11.2. The molecule has 0 bridgehead atoms. The van der Waals surface area contributed by atoms with Crippen LogP contribution in [-0.4, -0.2) is 10.2 Å². The average molecular weight is 694 g/mol. The molecule has 0 aromatic heterocycles. The first-order valence-corrected chi connectivity index (χ1v) is 8.22. The molecule has 0 aliphatic carbocycles. The Morgan fingerprint density at radius 3 is 1.92 bits per heavy atom. The zero-order valence-corrected chi connectivity index (χ0v) is 22.1. The van der Waals surface area contributed by atoms with Crippen LogP contribution in [0.2, 0.25) is 0 Å². The van der Waals surface area contributed by atoms with E-state index in [0.717, 1.165) is 52.5 Å². The number of benzene rings is 2. The summed E-state index contributed by atoms with van der Waals surface area (Å²) in [6.45, 7) is 11.6. The van der Waals surface area contributed by atoms with Crippen LogP contribution in [-0.2, 0) is 48.6 Å². The van der Waals surface area contributed by atoms with E-state index in [0.29, 0.717) is 11.5 Å². The molecule has 0 radical (unpaired) electrons. The predicted molar refractivity (Wildman–Crippen MR) is 96.6 cm³/mol. The van der Waals surface area contributed by atoms with Crippen molar-refractivity contribution < 1.29 is 57.1 Å². The molecule has 3 nitrogen and oxygen atoms in total. The van der Waals surface area contributed by atoms with Gasteiger partial charge in [-0.1, -0.05) is 13.8 Å². The van der Waals surface area contributed by atoms with Gasteiger partial charge in [-0.15, -0.1) is 23.7 Å². The van der Waals surface area contributed by atoms with E-state index < -0.39 is 0 Å². The Kier molecular flexibility index (Phi) is 10.2. The first kappa shape index (κ1) is 25.2. The summed E-state index contributed by atoms with van der Waals surface area (Å²) in [6, 6.07) is 6.44. The van der Waals surface area contributed by atoms with Gasteiger partial charge in [0.05, 0.1) is 5.75 Å². The molecule has 0 saturated heterocycles. The molecule has 0 atom stereocenters. The summed E-state index contributed by atoms with van der Waals surface area (Å²) in [5, 5.41) is 19.1. The number of aromatic hydroxyl groups is 2. The van der Waals surface area contributed by atoms with Crippen LogP contribution in [0.5, 0.6) is 17.2 Å². The summed E-state index contributed by atoms with van der Waals surface area (Å²) in [5.74, 6) is 1.77. The van der Waals surface area contributed by atoms with Gasteiger partial charge in [-0.2, -0.15) is 25.1 Å². The summed E-state index contributed by atoms with van der Waals surface area (Å²) in [5.41, 5.74) is 5.90. The molecule has 1 aliphatic rings. The molecular weight excluding hydrogens is 668 g/mol. The van der Waals surface area contributed by atoms with Crippen LogP contribution in [0, 0.1) is 46.8 Å². The van der Waals surface area contributed by atoms with Gasteiger partial charge in [-0.3, -0.25) is 0 Å². The molecule has 0 amide bonds. The Hall–Kier alpha value is -0.783. The number of hydrogen-bond donors (Lipinski definition) is 2. The van der Waals surface area contributed by atoms with Crippen LogP contribution < -0.4 is 4.74 Å². The van der Waals surface area contributed by atoms with Gasteiger partial charge in [0, 0.05) is 47.9 Å². The Labute approximate surface area is 185 Å². The molecule has 0 unspecified atom stereocenters. The Morgan fingerprint density at radius 1 is 0.885 bits per heavy atom. The van der Waals surface area contributed by atoms with Crippen molar-refractivity contribution in [3.05, 3.63) is 57.7 Å². The van der Waals surface area contributed by atoms with Crippen molar-refractivity contribution in [2.45, 2.75) is 54.4 Å². The van der Waals surface area contributed by atoms with E-state index in [1.807, 2.05) is 41.5 Å². The zero-order chi connectivity index (χ0) is 18.0. The Bertz CT molecular complexity index is 737. The average Bonchev–Trinajstić information content (AvgIpc) is 2.56. The molecule has 2 aromatic rings. The van der Waals surface area contributed by atoms with Gasteiger partial charge in [0.2, 0.25) is 0 Å². The van der Waals surface area contributed by atoms with Crippen molar-refractivity contribution in [3.63, 3.8) is 0 Å². The number of fused-ring (bicyclic) bond motifs is 1. The summed E-state index contributed by atoms with van der Waals surface area (Å²) < 4.78 is 5.78. The standard InChI is InChI=1S/C13H17O2.C8H9O.2W/c1-7-5-6-11-10(4)12(14)8(2)9(3)13(11)15-7;1-6-4-3-5-7(2)8(6)9;;/h14H,5-6H2,1-4H3;4-5,9H,1-2H3;;/q2*-1;;. The number of ether oxygens (including phenoxy) is 1. The fourth-order valence-electron chi connectivity index (χ4n) is 2.87. The zero-order valence-electron chi connectivity index (χ0n) is 16.2. The van der Waals surface area contributed by atoms with E-state index in [1.54, 1.807) is 12.1 Å². The van der Waals surface area contributed by atoms with Crippen molar-refractivity contribution in [3.8, 4) is 17.2 Å². The number of rotatable bonds is 0. The number of hydrogen-bond acceptors (Lipinski definition) is 3. The van der Waals surface area contributed by atoms with E-state index in [1.165, 1.54) is 5.56 Å². The van der Waals surface area contributed by atoms with E-state index in [9.17, 15) is 10.2 Å². The first-order valence-electron chi connectivity index (χ1n) is 8.22. The molecular formula is C21H26O3W2-2. The minimum Gasteiger partial charge on any atom is -0.659 e. The third kappa shape index (κ3) is 5.36. The second-order valence-electron chi connectivity index (χ2n) is 6.51. The summed E-state index contributed by atoms with van der Waals surface area (Å²) in [6.07, 6.45) is 2.99. The minimum absolute atomic E-state index is 0. The van der Waals surface area contributed by atoms with Crippen LogP contribution in [0.15, 0.2) is 12.1 Å². The number of aryl methyl sites for hydroxylation is 2. The Balaban J connectivity index is 0.000000496. The second kappa shape index (κ2) is 10.5. The van der Waals surface area contributed by atoms with Gasteiger partial charge in [0.25, 0.3) is 0 Å². The quantitative estimate of drug-likeness (QED) is 0.383. The normalized spacial score (nSPS) is 12.5. The van der Waals surface area contributed by atoms with Gasteiger partial charge in [0.15, 0.2) is 0 Å². The van der Waals surface area contributed by atoms with E-state index >= 15 is 0 Å². The second-order valence-corrected chi connectivity index (χ2v) is 6.51. The molecule has 142 valence electrons. The van der Waals surface area contributed by atoms with E-state index in [2.05, 4.69) is 6.07 Å². The number of phenolic OH excluding ortho intramolecular Hbond substituents is 2. The number of phenols is 2. The van der Waals surface area contributed by atoms with Gasteiger partial charge >= 0.3 is 0 Å². The van der Waals surface area contributed by atoms with Crippen molar-refractivity contribution in [1.29, 1.82) is 0 Å². The maximum Gasteiger partial charge on any atom is 0.122 e. The monoisotopic (exact) mass is 694 g/mol. The third-order valence-electron chi connectivity index (χ3n) is 4.69. The molecule has 26 heavy (non-hydrogen) atoms. The third-order valence-corrected chi connectivity index (χ3v) is 4.69. The van der Waals surface area contributed by atoms with Crippen molar-refractivity contribution >= 4 is 0 Å². The van der Waals surface area contributed by atoms with Gasteiger partial charge in [-0.25, -0.2) is 0 Å². The summed E-state index contributed by atoms with van der Waals surface area (Å²) in [7, 11) is 0. The Morgan fingerprint density at radius 2 is 1.42 bits per heavy atom. The SMILES string of the molecule is Cc1c(C)c2c(c(C)c1O)CC[C-](C)O2.Cc1c[c-]cc(C)c1O.[W].[W]. The molecule has 0 spiro atoms. The largest absolute Gasteiger partial charge is 0.659 e. The summed E-state index contributed by atoms with van der Waals surface area (Å²) in [4.78, 5) is 0. The van der Waals surface area contributed by atoms with Gasteiger partial charge < -0.3 is 14.9 Å². The van der Waals surface area contributed by atoms with Gasteiger partial charge in [0.1, 0.15) is 5.75 Å². The van der Waals surface area contributed by atoms with Crippen LogP contribution in [0.3, 0.4) is 0 Å². The minimum atomic E-state index is 0. The van der Waals surface area contributed by atoms with Crippen LogP contribution in [0.25, 0.3) is 0 Å². The maximum atomic E-state index is 9.95. The van der Waals surface area contributed by atoms with Crippen molar-refractivity contribution in [1.82, 2.24) is 0 Å². The molecule has 0 saturated carbocycles. The van der Waals surface area contributed by atoms with Crippen LogP contribution in [0.4, 0.5) is 0 Å². The van der Waals surface area contributed by atoms with E-state index in [4.69, 9.17) is 4.74 Å². The molecule has 2 aromatic carbocycles. The van der Waals surface area contributed by atoms with Crippen LogP contribution >= 0.6 is 0 Å². The molecule has 0 fully saturated rings. The molecule has 2 N–H and O–H groups in total. The molecule has 3 rings (SSSR count). The van der Waals surface area contributed by atoms with E-state index in [-0.39, 0.29) is 42.1 Å². The fraction of sp³-hybridized carbons (Fsp3) is 0.381. The maximum absolute atomic E-state index is 9.95. The smallest absolute Gasteiger partial charge is 0.122 e. The molecule has 5 heteroatoms.